The molecule has 0 aromatic rings. The predicted molar refractivity (Wildman–Crippen MR) is 64.4 cm³/mol. The first-order valence-corrected chi connectivity index (χ1v) is 6.42. The third kappa shape index (κ3) is 4.87. The van der Waals surface area contributed by atoms with Crippen LogP contribution in [-0.2, 0) is 4.74 Å². The van der Waals surface area contributed by atoms with Crippen LogP contribution in [0.15, 0.2) is 0 Å². The van der Waals surface area contributed by atoms with Crippen molar-refractivity contribution in [3.05, 3.63) is 0 Å². The molecule has 1 rings (SSSR count). The zero-order valence-corrected chi connectivity index (χ0v) is 11.3. The lowest BCUT2D eigenvalue weighted by Gasteiger charge is -2.27. The van der Waals surface area contributed by atoms with Crippen LogP contribution in [0.1, 0.15) is 40.0 Å². The van der Waals surface area contributed by atoms with Gasteiger partial charge in [-0.05, 0) is 33.6 Å². The first kappa shape index (κ1) is 12.8. The van der Waals surface area contributed by atoms with Crippen LogP contribution in [-0.4, -0.2) is 34.5 Å². The predicted octanol–water partition coefficient (Wildman–Crippen LogP) is 3.17. The third-order valence-electron chi connectivity index (χ3n) is 2.27. The van der Waals surface area contributed by atoms with Crippen LogP contribution >= 0.6 is 15.9 Å². The molecule has 0 radical (unpaired) electrons. The van der Waals surface area contributed by atoms with E-state index >= 15 is 0 Å². The van der Waals surface area contributed by atoms with E-state index in [0.29, 0.717) is 4.83 Å². The van der Waals surface area contributed by atoms with Crippen molar-refractivity contribution in [1.82, 2.24) is 4.90 Å². The Morgan fingerprint density at radius 2 is 2.07 bits per heavy atom. The van der Waals surface area contributed by atoms with Crippen molar-refractivity contribution in [1.29, 1.82) is 0 Å². The van der Waals surface area contributed by atoms with E-state index < -0.39 is 5.60 Å². The molecule has 15 heavy (non-hydrogen) atoms. The Morgan fingerprint density at radius 3 is 2.67 bits per heavy atom. The van der Waals surface area contributed by atoms with Gasteiger partial charge in [0.05, 0.1) is 0 Å². The largest absolute Gasteiger partial charge is 0.444 e. The van der Waals surface area contributed by atoms with Crippen LogP contribution in [0.4, 0.5) is 4.79 Å². The summed E-state index contributed by atoms with van der Waals surface area (Å²) < 4.78 is 5.35. The highest BCUT2D eigenvalue weighted by Crippen LogP contribution is 2.19. The maximum atomic E-state index is 11.8. The Kier molecular flexibility index (Phi) is 4.44. The smallest absolute Gasteiger partial charge is 0.410 e. The maximum absolute atomic E-state index is 11.8. The molecular weight excluding hydrogens is 258 g/mol. The lowest BCUT2D eigenvalue weighted by Crippen LogP contribution is -2.39. The summed E-state index contributed by atoms with van der Waals surface area (Å²) in [7, 11) is 0. The second-order valence-corrected chi connectivity index (χ2v) is 6.31. The second kappa shape index (κ2) is 5.19. The first-order chi connectivity index (χ1) is 6.88. The standard InChI is InChI=1S/C11H20BrNO2/c1-11(2,3)15-10(14)13-7-5-4-6-9(12)8-13/h9H,4-8H2,1-3H3. The van der Waals surface area contributed by atoms with Gasteiger partial charge in [0.25, 0.3) is 0 Å². The lowest BCUT2D eigenvalue weighted by atomic mass is 10.2. The van der Waals surface area contributed by atoms with Gasteiger partial charge in [-0.2, -0.15) is 0 Å². The topological polar surface area (TPSA) is 29.5 Å². The first-order valence-electron chi connectivity index (χ1n) is 5.50. The Hall–Kier alpha value is -0.250. The molecule has 1 unspecified atom stereocenters. The molecule has 1 atom stereocenters. The van der Waals surface area contributed by atoms with Gasteiger partial charge in [0.15, 0.2) is 0 Å². The van der Waals surface area contributed by atoms with E-state index in [4.69, 9.17) is 4.74 Å². The fourth-order valence-electron chi connectivity index (χ4n) is 1.58. The molecule has 0 spiro atoms. The molecule has 1 aliphatic heterocycles. The molecule has 1 saturated heterocycles. The number of halogens is 1. The maximum Gasteiger partial charge on any atom is 0.410 e. The van der Waals surface area contributed by atoms with Crippen LogP contribution in [0.2, 0.25) is 0 Å². The van der Waals surface area contributed by atoms with Crippen LogP contribution in [0.3, 0.4) is 0 Å². The normalized spacial score (nSPS) is 23.5. The van der Waals surface area contributed by atoms with E-state index in [2.05, 4.69) is 15.9 Å². The molecule has 1 fully saturated rings. The minimum Gasteiger partial charge on any atom is -0.444 e. The molecule has 1 heterocycles. The lowest BCUT2D eigenvalue weighted by molar-refractivity contribution is 0.0259. The summed E-state index contributed by atoms with van der Waals surface area (Å²) in [6.07, 6.45) is 3.20. The molecule has 4 heteroatoms. The molecule has 0 bridgehead atoms. The Labute approximate surface area is 100 Å². The van der Waals surface area contributed by atoms with E-state index in [1.807, 2.05) is 20.8 Å². The number of rotatable bonds is 0. The molecule has 0 N–H and O–H groups in total. The molecule has 3 nitrogen and oxygen atoms in total. The van der Waals surface area contributed by atoms with Gasteiger partial charge >= 0.3 is 6.09 Å². The van der Waals surface area contributed by atoms with Crippen molar-refractivity contribution in [2.75, 3.05) is 13.1 Å². The summed E-state index contributed by atoms with van der Waals surface area (Å²) in [6.45, 7) is 7.27. The van der Waals surface area contributed by atoms with E-state index in [0.717, 1.165) is 25.9 Å². The third-order valence-corrected chi connectivity index (χ3v) is 3.01. The SMILES string of the molecule is CC(C)(C)OC(=O)N1CCCCC(Br)C1. The van der Waals surface area contributed by atoms with Gasteiger partial charge in [-0.25, -0.2) is 4.79 Å². The monoisotopic (exact) mass is 277 g/mol. The Balaban J connectivity index is 2.50. The fourth-order valence-corrected chi connectivity index (χ4v) is 2.26. The summed E-state index contributed by atoms with van der Waals surface area (Å²) in [5.41, 5.74) is -0.398. The van der Waals surface area contributed by atoms with E-state index in [-0.39, 0.29) is 6.09 Å². The summed E-state index contributed by atoms with van der Waals surface area (Å²) in [5, 5.41) is 0. The average molecular weight is 278 g/mol. The number of amides is 1. The number of likely N-dealkylation sites (tertiary alicyclic amines) is 1. The summed E-state index contributed by atoms with van der Waals surface area (Å²) in [4.78, 5) is 14.0. The average Bonchev–Trinajstić information content (AvgIpc) is 2.26. The van der Waals surface area contributed by atoms with Crippen molar-refractivity contribution in [3.8, 4) is 0 Å². The van der Waals surface area contributed by atoms with Gasteiger partial charge in [-0.15, -0.1) is 0 Å². The van der Waals surface area contributed by atoms with Crippen molar-refractivity contribution >= 4 is 22.0 Å². The van der Waals surface area contributed by atoms with Gasteiger partial charge in [-0.1, -0.05) is 22.4 Å². The van der Waals surface area contributed by atoms with Gasteiger partial charge in [0.1, 0.15) is 5.60 Å². The highest BCUT2D eigenvalue weighted by Gasteiger charge is 2.25. The Morgan fingerprint density at radius 1 is 1.40 bits per heavy atom. The van der Waals surface area contributed by atoms with E-state index in [1.165, 1.54) is 6.42 Å². The number of alkyl halides is 1. The van der Waals surface area contributed by atoms with E-state index in [1.54, 1.807) is 4.90 Å². The van der Waals surface area contributed by atoms with Crippen LogP contribution in [0, 0.1) is 0 Å². The van der Waals surface area contributed by atoms with Crippen LogP contribution < -0.4 is 0 Å². The number of ether oxygens (including phenoxy) is 1. The van der Waals surface area contributed by atoms with Crippen molar-refractivity contribution in [2.45, 2.75) is 50.5 Å². The van der Waals surface area contributed by atoms with Crippen molar-refractivity contribution < 1.29 is 9.53 Å². The molecular formula is C11H20BrNO2. The zero-order chi connectivity index (χ0) is 11.5. The molecule has 0 aromatic heterocycles. The molecule has 1 amide bonds. The van der Waals surface area contributed by atoms with Gasteiger partial charge in [0.2, 0.25) is 0 Å². The fraction of sp³-hybridized carbons (Fsp3) is 0.909. The zero-order valence-electron chi connectivity index (χ0n) is 9.75. The number of hydrogen-bond acceptors (Lipinski definition) is 2. The van der Waals surface area contributed by atoms with Gasteiger partial charge in [0, 0.05) is 17.9 Å². The molecule has 0 aliphatic carbocycles. The molecule has 1 aliphatic rings. The number of hydrogen-bond donors (Lipinski definition) is 0. The number of nitrogens with zero attached hydrogens (tertiary/aromatic N) is 1. The molecule has 88 valence electrons. The molecule has 0 saturated carbocycles. The minimum atomic E-state index is -0.398. The van der Waals surface area contributed by atoms with Crippen LogP contribution in [0.5, 0.6) is 0 Å². The second-order valence-electron chi connectivity index (χ2n) is 5.02. The van der Waals surface area contributed by atoms with Crippen LogP contribution in [0.25, 0.3) is 0 Å². The van der Waals surface area contributed by atoms with Gasteiger partial charge in [-0.3, -0.25) is 0 Å². The number of carbonyl (C=O) groups excluding carboxylic acids is 1. The summed E-state index contributed by atoms with van der Waals surface area (Å²) >= 11 is 3.58. The highest BCUT2D eigenvalue weighted by atomic mass is 79.9. The summed E-state index contributed by atoms with van der Waals surface area (Å²) in [5.74, 6) is 0. The van der Waals surface area contributed by atoms with Crippen molar-refractivity contribution in [3.63, 3.8) is 0 Å². The van der Waals surface area contributed by atoms with Crippen molar-refractivity contribution in [2.24, 2.45) is 0 Å². The minimum absolute atomic E-state index is 0.186. The van der Waals surface area contributed by atoms with E-state index in [9.17, 15) is 4.79 Å². The van der Waals surface area contributed by atoms with Gasteiger partial charge < -0.3 is 9.64 Å². The molecule has 0 aromatic carbocycles. The summed E-state index contributed by atoms with van der Waals surface area (Å²) in [6, 6.07) is 0. The highest BCUT2D eigenvalue weighted by molar-refractivity contribution is 9.09. The number of carbonyl (C=O) groups is 1. The Bertz CT molecular complexity index is 225. The quantitative estimate of drug-likeness (QED) is 0.637.